The molecule has 0 saturated carbocycles. The summed E-state index contributed by atoms with van der Waals surface area (Å²) >= 11 is 5.83. The van der Waals surface area contributed by atoms with Gasteiger partial charge in [0.15, 0.2) is 0 Å². The van der Waals surface area contributed by atoms with Crippen LogP contribution in [-0.2, 0) is 0 Å². The van der Waals surface area contributed by atoms with Gasteiger partial charge >= 0.3 is 0 Å². The molecular formula is C11H15ClN2. The van der Waals surface area contributed by atoms with Crippen LogP contribution in [0, 0.1) is 0 Å². The van der Waals surface area contributed by atoms with E-state index >= 15 is 0 Å². The summed E-state index contributed by atoms with van der Waals surface area (Å²) in [6.07, 6.45) is 1.29. The monoisotopic (exact) mass is 210 g/mol. The minimum absolute atomic E-state index is 0.663. The van der Waals surface area contributed by atoms with Crippen molar-refractivity contribution in [3.05, 3.63) is 29.3 Å². The average molecular weight is 211 g/mol. The first kappa shape index (κ1) is 9.81. The Morgan fingerprint density at radius 1 is 1.43 bits per heavy atom. The first-order valence-electron chi connectivity index (χ1n) is 4.96. The molecule has 0 aromatic heterocycles. The van der Waals surface area contributed by atoms with Crippen molar-refractivity contribution in [1.82, 2.24) is 5.32 Å². The van der Waals surface area contributed by atoms with E-state index in [9.17, 15) is 0 Å². The number of anilines is 1. The molecule has 1 aromatic carbocycles. The molecule has 2 rings (SSSR count). The molecule has 1 atom stereocenters. The number of hydrogen-bond donors (Lipinski definition) is 1. The van der Waals surface area contributed by atoms with Crippen LogP contribution in [-0.4, -0.2) is 26.2 Å². The Kier molecular flexibility index (Phi) is 2.94. The summed E-state index contributed by atoms with van der Waals surface area (Å²) in [6.45, 7) is 2.24. The topological polar surface area (TPSA) is 15.3 Å². The lowest BCUT2D eigenvalue weighted by molar-refractivity contribution is 0.374. The molecule has 3 heteroatoms. The Morgan fingerprint density at radius 2 is 2.07 bits per heavy atom. The molecular weight excluding hydrogens is 196 g/mol. The number of nitrogens with zero attached hydrogens (tertiary/aromatic N) is 1. The highest BCUT2D eigenvalue weighted by atomic mass is 35.5. The SMILES string of the molecule is CN(CC1CCN1)c1ccc(Cl)cc1. The van der Waals surface area contributed by atoms with Gasteiger partial charge in [-0.25, -0.2) is 0 Å². The van der Waals surface area contributed by atoms with Crippen LogP contribution in [0.15, 0.2) is 24.3 Å². The summed E-state index contributed by atoms with van der Waals surface area (Å²) in [6, 6.07) is 8.64. The number of benzene rings is 1. The lowest BCUT2D eigenvalue weighted by atomic mass is 10.1. The van der Waals surface area contributed by atoms with Gasteiger partial charge in [0.25, 0.3) is 0 Å². The van der Waals surface area contributed by atoms with Crippen LogP contribution in [0.3, 0.4) is 0 Å². The van der Waals surface area contributed by atoms with Gasteiger partial charge in [-0.1, -0.05) is 11.6 Å². The normalized spacial score (nSPS) is 20.3. The Hall–Kier alpha value is -0.730. The van der Waals surface area contributed by atoms with Gasteiger partial charge in [0.05, 0.1) is 0 Å². The van der Waals surface area contributed by atoms with E-state index in [1.807, 2.05) is 12.1 Å². The molecule has 0 aliphatic carbocycles. The van der Waals surface area contributed by atoms with Crippen molar-refractivity contribution in [2.75, 3.05) is 25.0 Å². The molecule has 1 saturated heterocycles. The highest BCUT2D eigenvalue weighted by Gasteiger charge is 2.17. The van der Waals surface area contributed by atoms with Gasteiger partial charge in [-0.3, -0.25) is 0 Å². The minimum atomic E-state index is 0.663. The van der Waals surface area contributed by atoms with Crippen LogP contribution in [0.1, 0.15) is 6.42 Å². The van der Waals surface area contributed by atoms with E-state index in [1.54, 1.807) is 0 Å². The fourth-order valence-corrected chi connectivity index (χ4v) is 1.76. The predicted octanol–water partition coefficient (Wildman–Crippen LogP) is 2.14. The van der Waals surface area contributed by atoms with Crippen molar-refractivity contribution in [2.24, 2.45) is 0 Å². The molecule has 1 fully saturated rings. The molecule has 0 radical (unpaired) electrons. The first-order valence-corrected chi connectivity index (χ1v) is 5.33. The molecule has 76 valence electrons. The molecule has 1 unspecified atom stereocenters. The van der Waals surface area contributed by atoms with Crippen molar-refractivity contribution in [3.8, 4) is 0 Å². The van der Waals surface area contributed by atoms with Gasteiger partial charge in [-0.05, 0) is 37.2 Å². The quantitative estimate of drug-likeness (QED) is 0.823. The molecule has 1 aliphatic rings. The zero-order valence-corrected chi connectivity index (χ0v) is 9.09. The van der Waals surface area contributed by atoms with Crippen molar-refractivity contribution >= 4 is 17.3 Å². The molecule has 1 N–H and O–H groups in total. The smallest absolute Gasteiger partial charge is 0.0407 e. The number of likely N-dealkylation sites (N-methyl/N-ethyl adjacent to an activating group) is 1. The van der Waals surface area contributed by atoms with Crippen LogP contribution in [0.2, 0.25) is 5.02 Å². The van der Waals surface area contributed by atoms with Crippen LogP contribution in [0.25, 0.3) is 0 Å². The summed E-state index contributed by atoms with van der Waals surface area (Å²) < 4.78 is 0. The van der Waals surface area contributed by atoms with Gasteiger partial charge in [-0.2, -0.15) is 0 Å². The van der Waals surface area contributed by atoms with Crippen molar-refractivity contribution in [1.29, 1.82) is 0 Å². The Labute approximate surface area is 89.9 Å². The molecule has 1 aliphatic heterocycles. The number of rotatable bonds is 3. The lowest BCUT2D eigenvalue weighted by Gasteiger charge is -2.32. The van der Waals surface area contributed by atoms with Crippen LogP contribution >= 0.6 is 11.6 Å². The van der Waals surface area contributed by atoms with E-state index in [0.717, 1.165) is 11.6 Å². The number of halogens is 1. The molecule has 2 nitrogen and oxygen atoms in total. The summed E-state index contributed by atoms with van der Waals surface area (Å²) in [5, 5.41) is 4.19. The Balaban J connectivity index is 1.95. The lowest BCUT2D eigenvalue weighted by Crippen LogP contribution is -2.49. The Bertz CT molecular complexity index is 293. The van der Waals surface area contributed by atoms with Gasteiger partial charge in [-0.15, -0.1) is 0 Å². The van der Waals surface area contributed by atoms with Crippen molar-refractivity contribution in [3.63, 3.8) is 0 Å². The largest absolute Gasteiger partial charge is 0.373 e. The maximum Gasteiger partial charge on any atom is 0.0407 e. The van der Waals surface area contributed by atoms with Crippen molar-refractivity contribution in [2.45, 2.75) is 12.5 Å². The maximum absolute atomic E-state index is 5.83. The summed E-state index contributed by atoms with van der Waals surface area (Å²) in [5.74, 6) is 0. The standard InChI is InChI=1S/C11H15ClN2/c1-14(8-10-6-7-13-10)11-4-2-9(12)3-5-11/h2-5,10,13H,6-8H2,1H3. The minimum Gasteiger partial charge on any atom is -0.373 e. The maximum atomic E-state index is 5.83. The van der Waals surface area contributed by atoms with E-state index in [-0.39, 0.29) is 0 Å². The Morgan fingerprint density at radius 3 is 2.57 bits per heavy atom. The van der Waals surface area contributed by atoms with E-state index in [1.165, 1.54) is 18.7 Å². The summed E-state index contributed by atoms with van der Waals surface area (Å²) in [5.41, 5.74) is 1.23. The third-order valence-corrected chi connectivity index (χ3v) is 2.94. The van der Waals surface area contributed by atoms with E-state index in [0.29, 0.717) is 6.04 Å². The molecule has 1 aromatic rings. The second-order valence-electron chi connectivity index (χ2n) is 3.80. The summed E-state index contributed by atoms with van der Waals surface area (Å²) in [7, 11) is 2.11. The van der Waals surface area contributed by atoms with Crippen molar-refractivity contribution < 1.29 is 0 Å². The van der Waals surface area contributed by atoms with Gasteiger partial charge in [0.2, 0.25) is 0 Å². The highest BCUT2D eigenvalue weighted by molar-refractivity contribution is 6.30. The summed E-state index contributed by atoms with van der Waals surface area (Å²) in [4.78, 5) is 2.26. The second-order valence-corrected chi connectivity index (χ2v) is 4.23. The van der Waals surface area contributed by atoms with Gasteiger partial charge in [0.1, 0.15) is 0 Å². The third kappa shape index (κ3) is 2.20. The van der Waals surface area contributed by atoms with E-state index in [2.05, 4.69) is 29.4 Å². The van der Waals surface area contributed by atoms with Gasteiger partial charge < -0.3 is 10.2 Å². The molecule has 0 bridgehead atoms. The highest BCUT2D eigenvalue weighted by Crippen LogP contribution is 2.17. The molecule has 14 heavy (non-hydrogen) atoms. The fourth-order valence-electron chi connectivity index (χ4n) is 1.64. The molecule has 0 spiro atoms. The first-order chi connectivity index (χ1) is 6.75. The van der Waals surface area contributed by atoms with Crippen LogP contribution in [0.5, 0.6) is 0 Å². The number of nitrogens with one attached hydrogen (secondary N) is 1. The number of hydrogen-bond acceptors (Lipinski definition) is 2. The molecule has 0 amide bonds. The van der Waals surface area contributed by atoms with Crippen LogP contribution in [0.4, 0.5) is 5.69 Å². The van der Waals surface area contributed by atoms with E-state index in [4.69, 9.17) is 11.6 Å². The second kappa shape index (κ2) is 4.20. The van der Waals surface area contributed by atoms with Crippen LogP contribution < -0.4 is 10.2 Å². The average Bonchev–Trinajstić information content (AvgIpc) is 2.12. The fraction of sp³-hybridized carbons (Fsp3) is 0.455. The van der Waals surface area contributed by atoms with Gasteiger partial charge in [0, 0.05) is 30.3 Å². The molecule has 1 heterocycles. The zero-order chi connectivity index (χ0) is 9.97. The van der Waals surface area contributed by atoms with E-state index < -0.39 is 0 Å². The third-order valence-electron chi connectivity index (χ3n) is 2.69. The predicted molar refractivity (Wildman–Crippen MR) is 61.1 cm³/mol. The zero-order valence-electron chi connectivity index (χ0n) is 8.33.